The first kappa shape index (κ1) is 22.0. The van der Waals surface area contributed by atoms with E-state index in [0.29, 0.717) is 45.7 Å². The van der Waals surface area contributed by atoms with E-state index in [1.54, 1.807) is 29.2 Å². The molecule has 0 radical (unpaired) electrons. The number of furan rings is 1. The van der Waals surface area contributed by atoms with Crippen molar-refractivity contribution in [3.05, 3.63) is 52.6 Å². The largest absolute Gasteiger partial charge is 0.481 e. The number of carbonyl (C=O) groups excluding carboxylic acids is 2. The molecule has 0 saturated carbocycles. The van der Waals surface area contributed by atoms with Crippen LogP contribution in [0.15, 0.2) is 45.7 Å². The molecule has 8 heteroatoms. The summed E-state index contributed by atoms with van der Waals surface area (Å²) in [6.45, 7) is 2.00. The molecule has 1 fully saturated rings. The first-order valence-electron chi connectivity index (χ1n) is 9.53. The Bertz CT molecular complexity index is 1010. The summed E-state index contributed by atoms with van der Waals surface area (Å²) in [5.74, 6) is 0.224. The summed E-state index contributed by atoms with van der Waals surface area (Å²) < 4.78 is 6.34. The summed E-state index contributed by atoms with van der Waals surface area (Å²) in [6.07, 6.45) is 3.83. The fourth-order valence-corrected chi connectivity index (χ4v) is 4.29. The number of amides is 1. The third kappa shape index (κ3) is 5.46. The van der Waals surface area contributed by atoms with E-state index in [1.807, 2.05) is 18.2 Å². The lowest BCUT2D eigenvalue weighted by atomic mass is 10.1. The average molecular weight is 444 g/mol. The molecular formula is C22H21NO5S2. The van der Waals surface area contributed by atoms with Crippen molar-refractivity contribution in [3.63, 3.8) is 0 Å². The molecule has 3 rings (SSSR count). The molecule has 0 spiro atoms. The summed E-state index contributed by atoms with van der Waals surface area (Å²) >= 11 is 6.55. The van der Waals surface area contributed by atoms with Crippen LogP contribution < -0.4 is 0 Å². The number of hydrogen-bond donors (Lipinski definition) is 1. The molecule has 1 saturated heterocycles. The third-order valence-electron chi connectivity index (χ3n) is 4.62. The Morgan fingerprint density at radius 1 is 1.13 bits per heavy atom. The van der Waals surface area contributed by atoms with Gasteiger partial charge in [0.05, 0.1) is 4.91 Å². The molecule has 1 N–H and O–H groups in total. The maximum atomic E-state index is 12.7. The van der Waals surface area contributed by atoms with E-state index >= 15 is 0 Å². The number of thiocarbonyl (C=S) groups is 1. The second-order valence-corrected chi connectivity index (χ2v) is 8.55. The predicted octanol–water partition coefficient (Wildman–Crippen LogP) is 5.00. The highest BCUT2D eigenvalue weighted by atomic mass is 32.2. The van der Waals surface area contributed by atoms with E-state index in [1.165, 1.54) is 18.7 Å². The number of carboxylic acids is 1. The highest BCUT2D eigenvalue weighted by Gasteiger charge is 2.31. The Kier molecular flexibility index (Phi) is 7.23. The Morgan fingerprint density at radius 3 is 2.53 bits per heavy atom. The molecular weight excluding hydrogens is 422 g/mol. The quantitative estimate of drug-likeness (QED) is 0.253. The van der Waals surface area contributed by atoms with Crippen LogP contribution in [0, 0.1) is 0 Å². The number of carboxylic acid groups (broad SMARTS) is 1. The van der Waals surface area contributed by atoms with Gasteiger partial charge in [-0.2, -0.15) is 0 Å². The van der Waals surface area contributed by atoms with Crippen LogP contribution in [0.1, 0.15) is 48.7 Å². The van der Waals surface area contributed by atoms with Crippen molar-refractivity contribution in [2.75, 3.05) is 6.54 Å². The predicted molar refractivity (Wildman–Crippen MR) is 120 cm³/mol. The second kappa shape index (κ2) is 9.86. The van der Waals surface area contributed by atoms with Gasteiger partial charge in [0, 0.05) is 30.2 Å². The molecule has 2 aromatic rings. The highest BCUT2D eigenvalue weighted by molar-refractivity contribution is 8.26. The van der Waals surface area contributed by atoms with Crippen LogP contribution in [-0.4, -0.2) is 38.5 Å². The number of ketones is 1. The fourth-order valence-electron chi connectivity index (χ4n) is 3.00. The van der Waals surface area contributed by atoms with Gasteiger partial charge >= 0.3 is 5.97 Å². The normalized spacial score (nSPS) is 15.2. The van der Waals surface area contributed by atoms with Gasteiger partial charge < -0.3 is 9.52 Å². The van der Waals surface area contributed by atoms with Crippen molar-refractivity contribution >= 4 is 52.0 Å². The summed E-state index contributed by atoms with van der Waals surface area (Å²) in [5.41, 5.74) is 1.48. The summed E-state index contributed by atoms with van der Waals surface area (Å²) in [4.78, 5) is 36.7. The van der Waals surface area contributed by atoms with E-state index in [-0.39, 0.29) is 18.1 Å². The van der Waals surface area contributed by atoms with Crippen molar-refractivity contribution in [2.24, 2.45) is 0 Å². The number of benzene rings is 1. The van der Waals surface area contributed by atoms with Crippen LogP contribution in [0.2, 0.25) is 0 Å². The summed E-state index contributed by atoms with van der Waals surface area (Å²) in [6, 6.07) is 10.7. The number of unbranched alkanes of at least 4 members (excludes halogenated alkanes) is 2. The summed E-state index contributed by atoms with van der Waals surface area (Å²) in [7, 11) is 0. The third-order valence-corrected chi connectivity index (χ3v) is 6.00. The monoisotopic (exact) mass is 443 g/mol. The molecule has 0 unspecified atom stereocenters. The zero-order valence-corrected chi connectivity index (χ0v) is 18.1. The number of thioether (sulfide) groups is 1. The van der Waals surface area contributed by atoms with Crippen molar-refractivity contribution in [2.45, 2.75) is 32.6 Å². The van der Waals surface area contributed by atoms with E-state index in [9.17, 15) is 14.4 Å². The molecule has 1 aliphatic rings. The molecule has 2 heterocycles. The number of rotatable bonds is 9. The number of hydrogen-bond acceptors (Lipinski definition) is 6. The molecule has 1 aliphatic heterocycles. The zero-order valence-electron chi connectivity index (χ0n) is 16.4. The molecule has 6 nitrogen and oxygen atoms in total. The fraction of sp³-hybridized carbons (Fsp3) is 0.273. The van der Waals surface area contributed by atoms with Gasteiger partial charge in [-0.3, -0.25) is 19.3 Å². The molecule has 30 heavy (non-hydrogen) atoms. The number of aliphatic carboxylic acids is 1. The SMILES string of the molecule is CC(=O)c1ccc(-c2ccc(/C=C3\SC(=S)N(CCCCCC(=O)O)C3=O)o2)cc1. The van der Waals surface area contributed by atoms with Crippen LogP contribution in [0.5, 0.6) is 0 Å². The van der Waals surface area contributed by atoms with E-state index < -0.39 is 5.97 Å². The minimum atomic E-state index is -0.809. The number of carbonyl (C=O) groups is 3. The topological polar surface area (TPSA) is 87.8 Å². The molecule has 0 bridgehead atoms. The van der Waals surface area contributed by atoms with Gasteiger partial charge in [0.2, 0.25) is 0 Å². The van der Waals surface area contributed by atoms with Crippen molar-refractivity contribution in [3.8, 4) is 11.3 Å². The minimum absolute atomic E-state index is 0.00518. The number of Topliss-reactive ketones (excluding diaryl/α,β-unsaturated/α-hetero) is 1. The van der Waals surface area contributed by atoms with Crippen LogP contribution in [0.25, 0.3) is 17.4 Å². The van der Waals surface area contributed by atoms with Crippen LogP contribution in [-0.2, 0) is 9.59 Å². The Balaban J connectivity index is 1.63. The van der Waals surface area contributed by atoms with Crippen molar-refractivity contribution < 1.29 is 23.9 Å². The molecule has 0 atom stereocenters. The standard InChI is InChI=1S/C22H21NO5S2/c1-14(24)15-6-8-16(9-7-15)18-11-10-17(28-18)13-19-21(27)23(22(29)30-19)12-4-2-3-5-20(25)26/h6-11,13H,2-5,12H2,1H3,(H,25,26)/b19-13-. The van der Waals surface area contributed by atoms with Crippen LogP contribution in [0.4, 0.5) is 0 Å². The molecule has 1 amide bonds. The lowest BCUT2D eigenvalue weighted by molar-refractivity contribution is -0.137. The lowest BCUT2D eigenvalue weighted by Gasteiger charge is -2.13. The maximum Gasteiger partial charge on any atom is 0.303 e. The lowest BCUT2D eigenvalue weighted by Crippen LogP contribution is -2.29. The van der Waals surface area contributed by atoms with Crippen molar-refractivity contribution in [1.29, 1.82) is 0 Å². The van der Waals surface area contributed by atoms with E-state index in [0.717, 1.165) is 12.0 Å². The van der Waals surface area contributed by atoms with Gasteiger partial charge in [0.15, 0.2) is 5.78 Å². The Hall–Kier alpha value is -2.71. The summed E-state index contributed by atoms with van der Waals surface area (Å²) in [5, 5.41) is 8.67. The Morgan fingerprint density at radius 2 is 1.87 bits per heavy atom. The first-order chi connectivity index (χ1) is 14.3. The average Bonchev–Trinajstić information content (AvgIpc) is 3.27. The number of nitrogens with zero attached hydrogens (tertiary/aromatic N) is 1. The highest BCUT2D eigenvalue weighted by Crippen LogP contribution is 2.34. The molecule has 1 aromatic heterocycles. The Labute approximate surface area is 183 Å². The van der Waals surface area contributed by atoms with Gasteiger partial charge in [-0.15, -0.1) is 0 Å². The molecule has 0 aliphatic carbocycles. The van der Waals surface area contributed by atoms with Gasteiger partial charge in [0.1, 0.15) is 15.8 Å². The second-order valence-electron chi connectivity index (χ2n) is 6.87. The van der Waals surface area contributed by atoms with Gasteiger partial charge in [-0.05, 0) is 31.9 Å². The zero-order chi connectivity index (χ0) is 21.7. The maximum absolute atomic E-state index is 12.7. The van der Waals surface area contributed by atoms with E-state index in [2.05, 4.69) is 0 Å². The molecule has 1 aromatic carbocycles. The van der Waals surface area contributed by atoms with E-state index in [4.69, 9.17) is 21.7 Å². The first-order valence-corrected chi connectivity index (χ1v) is 10.8. The van der Waals surface area contributed by atoms with Gasteiger partial charge in [-0.25, -0.2) is 0 Å². The van der Waals surface area contributed by atoms with Crippen LogP contribution in [0.3, 0.4) is 0 Å². The van der Waals surface area contributed by atoms with Crippen molar-refractivity contribution in [1.82, 2.24) is 4.90 Å². The van der Waals surface area contributed by atoms with Crippen LogP contribution >= 0.6 is 24.0 Å². The smallest absolute Gasteiger partial charge is 0.303 e. The minimum Gasteiger partial charge on any atom is -0.481 e. The van der Waals surface area contributed by atoms with Gasteiger partial charge in [-0.1, -0.05) is 54.7 Å². The van der Waals surface area contributed by atoms with Gasteiger partial charge in [0.25, 0.3) is 5.91 Å². The molecule has 156 valence electrons.